The first-order valence-corrected chi connectivity index (χ1v) is 7.66. The lowest BCUT2D eigenvalue weighted by Gasteiger charge is -2.24. The average Bonchev–Trinajstić information content (AvgIpc) is 3.02. The molecule has 4 heteroatoms. The zero-order valence-corrected chi connectivity index (χ0v) is 12.0. The van der Waals surface area contributed by atoms with Gasteiger partial charge in [-0.3, -0.25) is 4.98 Å². The first-order valence-electron chi connectivity index (χ1n) is 7.25. The van der Waals surface area contributed by atoms with Gasteiger partial charge < -0.3 is 10.6 Å². The van der Waals surface area contributed by atoms with Crippen molar-refractivity contribution in [3.8, 4) is 0 Å². The van der Waals surface area contributed by atoms with Gasteiger partial charge in [-0.15, -0.1) is 0 Å². The molecule has 102 valence electrons. The first-order chi connectivity index (χ1) is 9.31. The zero-order chi connectivity index (χ0) is 13.1. The summed E-state index contributed by atoms with van der Waals surface area (Å²) in [5.41, 5.74) is 1.11. The van der Waals surface area contributed by atoms with E-state index >= 15 is 0 Å². The third-order valence-electron chi connectivity index (χ3n) is 4.45. The van der Waals surface area contributed by atoms with Crippen LogP contribution >= 0.6 is 12.2 Å². The van der Waals surface area contributed by atoms with Crippen LogP contribution in [0.15, 0.2) is 24.4 Å². The minimum absolute atomic E-state index is 0.619. The van der Waals surface area contributed by atoms with E-state index in [0.717, 1.165) is 35.6 Å². The van der Waals surface area contributed by atoms with Crippen molar-refractivity contribution in [3.63, 3.8) is 0 Å². The van der Waals surface area contributed by atoms with E-state index in [2.05, 4.69) is 15.6 Å². The average molecular weight is 275 g/mol. The highest BCUT2D eigenvalue weighted by molar-refractivity contribution is 7.80. The molecule has 1 aromatic heterocycles. The standard InChI is InChI=1S/C15H21N3S/c19-15(17-8-6-13-3-1-2-7-16-13)18-14-10-11-4-5-12(14)9-11/h1-3,7,11-12,14H,4-6,8-10H2,(H2,17,18,19)/t11-,12+,14-/m1/s1. The van der Waals surface area contributed by atoms with E-state index in [0.29, 0.717) is 6.04 Å². The summed E-state index contributed by atoms with van der Waals surface area (Å²) in [4.78, 5) is 4.31. The highest BCUT2D eigenvalue weighted by Gasteiger charge is 2.39. The Morgan fingerprint density at radius 1 is 1.32 bits per heavy atom. The number of thiocarbonyl (C=S) groups is 1. The van der Waals surface area contributed by atoms with Crippen LogP contribution in [-0.2, 0) is 6.42 Å². The molecule has 3 nitrogen and oxygen atoms in total. The van der Waals surface area contributed by atoms with Gasteiger partial charge in [-0.2, -0.15) is 0 Å². The number of hydrogen-bond donors (Lipinski definition) is 2. The number of fused-ring (bicyclic) bond motifs is 2. The molecule has 2 fully saturated rings. The fourth-order valence-corrected chi connectivity index (χ4v) is 3.74. The Balaban J connectivity index is 1.38. The maximum Gasteiger partial charge on any atom is 0.166 e. The molecule has 0 saturated heterocycles. The van der Waals surface area contributed by atoms with Crippen molar-refractivity contribution in [2.75, 3.05) is 6.54 Å². The van der Waals surface area contributed by atoms with Gasteiger partial charge in [-0.05, 0) is 55.4 Å². The number of hydrogen-bond acceptors (Lipinski definition) is 2. The molecule has 0 amide bonds. The SMILES string of the molecule is S=C(NCCc1ccccn1)N[C@@H]1C[C@@H]2CC[C@H]1C2. The second-order valence-corrected chi connectivity index (χ2v) is 6.16. The van der Waals surface area contributed by atoms with Gasteiger partial charge in [0.25, 0.3) is 0 Å². The molecule has 3 rings (SSSR count). The van der Waals surface area contributed by atoms with Gasteiger partial charge in [0.1, 0.15) is 0 Å². The summed E-state index contributed by atoms with van der Waals surface area (Å²) in [5, 5.41) is 7.61. The maximum atomic E-state index is 5.38. The first kappa shape index (κ1) is 12.9. The summed E-state index contributed by atoms with van der Waals surface area (Å²) in [6.07, 6.45) is 8.29. The van der Waals surface area contributed by atoms with Gasteiger partial charge in [0.05, 0.1) is 0 Å². The van der Waals surface area contributed by atoms with Gasteiger partial charge in [-0.25, -0.2) is 0 Å². The van der Waals surface area contributed by atoms with Crippen LogP contribution in [0.5, 0.6) is 0 Å². The van der Waals surface area contributed by atoms with Crippen LogP contribution in [0.25, 0.3) is 0 Å². The minimum Gasteiger partial charge on any atom is -0.362 e. The van der Waals surface area contributed by atoms with Crippen LogP contribution in [-0.4, -0.2) is 22.7 Å². The molecule has 3 atom stereocenters. The largest absolute Gasteiger partial charge is 0.362 e. The Morgan fingerprint density at radius 2 is 2.26 bits per heavy atom. The highest BCUT2D eigenvalue weighted by atomic mass is 32.1. The molecule has 2 N–H and O–H groups in total. The topological polar surface area (TPSA) is 37.0 Å². The molecule has 2 aliphatic carbocycles. The Bertz CT molecular complexity index is 434. The maximum absolute atomic E-state index is 5.38. The monoisotopic (exact) mass is 275 g/mol. The summed E-state index contributed by atoms with van der Waals surface area (Å²) < 4.78 is 0. The van der Waals surface area contributed by atoms with Crippen molar-refractivity contribution >= 4 is 17.3 Å². The van der Waals surface area contributed by atoms with E-state index in [1.54, 1.807) is 0 Å². The lowest BCUT2D eigenvalue weighted by Crippen LogP contribution is -2.44. The van der Waals surface area contributed by atoms with Crippen LogP contribution in [0.4, 0.5) is 0 Å². The molecule has 1 heterocycles. The summed E-state index contributed by atoms with van der Waals surface area (Å²) in [6, 6.07) is 6.63. The second kappa shape index (κ2) is 5.87. The summed E-state index contributed by atoms with van der Waals surface area (Å²) in [6.45, 7) is 0.851. The minimum atomic E-state index is 0.619. The lowest BCUT2D eigenvalue weighted by molar-refractivity contribution is 0.389. The third-order valence-corrected chi connectivity index (χ3v) is 4.71. The van der Waals surface area contributed by atoms with Crippen molar-refractivity contribution in [3.05, 3.63) is 30.1 Å². The normalized spacial score (nSPS) is 28.3. The highest BCUT2D eigenvalue weighted by Crippen LogP contribution is 2.44. The lowest BCUT2D eigenvalue weighted by atomic mass is 9.96. The molecular formula is C15H21N3S. The quantitative estimate of drug-likeness (QED) is 0.827. The molecule has 1 aromatic rings. The molecule has 0 spiro atoms. The number of pyridine rings is 1. The Kier molecular flexibility index (Phi) is 3.97. The predicted octanol–water partition coefficient (Wildman–Crippen LogP) is 2.28. The Labute approximate surface area is 120 Å². The van der Waals surface area contributed by atoms with E-state index in [9.17, 15) is 0 Å². The van der Waals surface area contributed by atoms with E-state index in [1.807, 2.05) is 24.4 Å². The van der Waals surface area contributed by atoms with Crippen LogP contribution < -0.4 is 10.6 Å². The Morgan fingerprint density at radius 3 is 2.95 bits per heavy atom. The summed E-state index contributed by atoms with van der Waals surface area (Å²) >= 11 is 5.38. The van der Waals surface area contributed by atoms with Crippen LogP contribution in [0.1, 0.15) is 31.4 Å². The summed E-state index contributed by atoms with van der Waals surface area (Å²) in [7, 11) is 0. The van der Waals surface area contributed by atoms with Crippen molar-refractivity contribution in [1.29, 1.82) is 0 Å². The molecule has 0 aliphatic heterocycles. The molecule has 2 saturated carbocycles. The third kappa shape index (κ3) is 3.24. The van der Waals surface area contributed by atoms with Crippen LogP contribution in [0.3, 0.4) is 0 Å². The van der Waals surface area contributed by atoms with E-state index in [4.69, 9.17) is 12.2 Å². The fraction of sp³-hybridized carbons (Fsp3) is 0.600. The van der Waals surface area contributed by atoms with Crippen LogP contribution in [0.2, 0.25) is 0 Å². The molecule has 0 unspecified atom stereocenters. The van der Waals surface area contributed by atoms with E-state index < -0.39 is 0 Å². The van der Waals surface area contributed by atoms with Gasteiger partial charge >= 0.3 is 0 Å². The molecule has 2 aliphatic rings. The van der Waals surface area contributed by atoms with Gasteiger partial charge in [0.2, 0.25) is 0 Å². The number of rotatable bonds is 4. The predicted molar refractivity (Wildman–Crippen MR) is 80.9 cm³/mol. The summed E-state index contributed by atoms with van der Waals surface area (Å²) in [5.74, 6) is 1.82. The van der Waals surface area contributed by atoms with Gasteiger partial charge in [0, 0.05) is 30.9 Å². The molecule has 0 radical (unpaired) electrons. The van der Waals surface area contributed by atoms with Gasteiger partial charge in [-0.1, -0.05) is 12.5 Å². The van der Waals surface area contributed by atoms with Gasteiger partial charge in [0.15, 0.2) is 5.11 Å². The smallest absolute Gasteiger partial charge is 0.166 e. The number of nitrogens with zero attached hydrogens (tertiary/aromatic N) is 1. The van der Waals surface area contributed by atoms with Crippen molar-refractivity contribution in [2.24, 2.45) is 11.8 Å². The number of nitrogens with one attached hydrogen (secondary N) is 2. The second-order valence-electron chi connectivity index (χ2n) is 5.75. The van der Waals surface area contributed by atoms with Crippen molar-refractivity contribution in [2.45, 2.75) is 38.1 Å². The zero-order valence-electron chi connectivity index (χ0n) is 11.1. The fourth-order valence-electron chi connectivity index (χ4n) is 3.49. The number of aromatic nitrogens is 1. The van der Waals surface area contributed by atoms with Crippen molar-refractivity contribution < 1.29 is 0 Å². The van der Waals surface area contributed by atoms with Crippen LogP contribution in [0, 0.1) is 11.8 Å². The van der Waals surface area contributed by atoms with E-state index in [1.165, 1.54) is 25.7 Å². The molecular weight excluding hydrogens is 254 g/mol. The molecule has 2 bridgehead atoms. The van der Waals surface area contributed by atoms with E-state index in [-0.39, 0.29) is 0 Å². The molecule has 0 aromatic carbocycles. The Hall–Kier alpha value is -1.16. The van der Waals surface area contributed by atoms with Crippen molar-refractivity contribution in [1.82, 2.24) is 15.6 Å². The molecule has 19 heavy (non-hydrogen) atoms.